The summed E-state index contributed by atoms with van der Waals surface area (Å²) in [6.45, 7) is 0. The zero-order chi connectivity index (χ0) is 12.8. The number of nitriles is 1. The van der Waals surface area contributed by atoms with Gasteiger partial charge < -0.3 is 10.1 Å². The van der Waals surface area contributed by atoms with E-state index < -0.39 is 0 Å². The van der Waals surface area contributed by atoms with Gasteiger partial charge in [0, 0.05) is 18.8 Å². The number of nitrogens with one attached hydrogen (secondary N) is 1. The summed E-state index contributed by atoms with van der Waals surface area (Å²) in [5.74, 6) is 0. The molecule has 1 N–H and O–H groups in total. The van der Waals surface area contributed by atoms with Crippen molar-refractivity contribution in [3.05, 3.63) is 29.8 Å². The molecule has 96 valence electrons. The van der Waals surface area contributed by atoms with Crippen molar-refractivity contribution in [2.75, 3.05) is 12.4 Å². The van der Waals surface area contributed by atoms with Gasteiger partial charge in [-0.15, -0.1) is 0 Å². The van der Waals surface area contributed by atoms with Crippen molar-refractivity contribution in [1.82, 2.24) is 0 Å². The van der Waals surface area contributed by atoms with Crippen LogP contribution in [0.5, 0.6) is 0 Å². The van der Waals surface area contributed by atoms with Crippen LogP contribution >= 0.6 is 0 Å². The summed E-state index contributed by atoms with van der Waals surface area (Å²) in [6, 6.07) is 10.8. The first-order valence-electron chi connectivity index (χ1n) is 6.57. The minimum atomic E-state index is 0.397. The number of nitrogens with zero attached hydrogens (tertiary/aromatic N) is 1. The van der Waals surface area contributed by atoms with Crippen LogP contribution in [0.4, 0.5) is 5.69 Å². The molecule has 1 aliphatic carbocycles. The van der Waals surface area contributed by atoms with Crippen LogP contribution in [-0.4, -0.2) is 19.3 Å². The van der Waals surface area contributed by atoms with Crippen LogP contribution < -0.4 is 5.32 Å². The second-order valence-electron chi connectivity index (χ2n) is 4.90. The third kappa shape index (κ3) is 3.48. The van der Waals surface area contributed by atoms with Crippen LogP contribution in [-0.2, 0) is 11.2 Å². The van der Waals surface area contributed by atoms with Crippen molar-refractivity contribution in [2.45, 2.75) is 44.2 Å². The average molecular weight is 244 g/mol. The fourth-order valence-corrected chi connectivity index (χ4v) is 2.54. The topological polar surface area (TPSA) is 45.0 Å². The highest BCUT2D eigenvalue weighted by atomic mass is 16.5. The van der Waals surface area contributed by atoms with Crippen molar-refractivity contribution >= 4 is 5.69 Å². The van der Waals surface area contributed by atoms with E-state index >= 15 is 0 Å². The maximum absolute atomic E-state index is 8.63. The molecule has 1 saturated carbocycles. The number of anilines is 1. The summed E-state index contributed by atoms with van der Waals surface area (Å²) in [6.07, 6.45) is 5.57. The summed E-state index contributed by atoms with van der Waals surface area (Å²) in [5.41, 5.74) is 2.21. The van der Waals surface area contributed by atoms with Crippen molar-refractivity contribution < 1.29 is 4.74 Å². The number of benzene rings is 1. The molecule has 0 radical (unpaired) electrons. The largest absolute Gasteiger partial charge is 0.382 e. The summed E-state index contributed by atoms with van der Waals surface area (Å²) in [5, 5.41) is 12.2. The van der Waals surface area contributed by atoms with Gasteiger partial charge in [0.25, 0.3) is 0 Å². The van der Waals surface area contributed by atoms with E-state index in [1.165, 1.54) is 19.3 Å². The Bertz CT molecular complexity index is 407. The van der Waals surface area contributed by atoms with Gasteiger partial charge in [0.1, 0.15) is 0 Å². The van der Waals surface area contributed by atoms with Crippen molar-refractivity contribution in [2.24, 2.45) is 0 Å². The van der Waals surface area contributed by atoms with Gasteiger partial charge in [-0.1, -0.05) is 12.1 Å². The Balaban J connectivity index is 1.90. The van der Waals surface area contributed by atoms with Crippen molar-refractivity contribution in [3.63, 3.8) is 0 Å². The van der Waals surface area contributed by atoms with Gasteiger partial charge in [0.2, 0.25) is 0 Å². The summed E-state index contributed by atoms with van der Waals surface area (Å²) in [4.78, 5) is 0. The van der Waals surface area contributed by atoms with E-state index in [1.807, 2.05) is 12.1 Å². The van der Waals surface area contributed by atoms with E-state index in [9.17, 15) is 0 Å². The lowest BCUT2D eigenvalue weighted by atomic mass is 9.92. The summed E-state index contributed by atoms with van der Waals surface area (Å²) >= 11 is 0. The molecule has 1 fully saturated rings. The fourth-order valence-electron chi connectivity index (χ4n) is 2.54. The van der Waals surface area contributed by atoms with Gasteiger partial charge in [0.15, 0.2) is 0 Å². The van der Waals surface area contributed by atoms with Crippen LogP contribution in [0.2, 0.25) is 0 Å². The molecule has 0 saturated heterocycles. The Morgan fingerprint density at radius 3 is 2.78 bits per heavy atom. The highest BCUT2D eigenvalue weighted by Gasteiger charge is 2.21. The Hall–Kier alpha value is -1.53. The van der Waals surface area contributed by atoms with Gasteiger partial charge in [-0.25, -0.2) is 0 Å². The third-order valence-corrected chi connectivity index (χ3v) is 3.57. The van der Waals surface area contributed by atoms with E-state index in [2.05, 4.69) is 23.5 Å². The normalized spacial score (nSPS) is 23.3. The predicted octanol–water partition coefficient (Wildman–Crippen LogP) is 3.12. The number of ether oxygens (including phenoxy) is 1. The lowest BCUT2D eigenvalue weighted by Crippen LogP contribution is -2.30. The number of hydrogen-bond acceptors (Lipinski definition) is 3. The van der Waals surface area contributed by atoms with Gasteiger partial charge in [0.05, 0.1) is 18.6 Å². The van der Waals surface area contributed by atoms with Crippen molar-refractivity contribution in [1.29, 1.82) is 5.26 Å². The molecule has 2 rings (SSSR count). The molecule has 1 aromatic rings. The van der Waals surface area contributed by atoms with Gasteiger partial charge in [-0.2, -0.15) is 5.26 Å². The third-order valence-electron chi connectivity index (χ3n) is 3.57. The maximum atomic E-state index is 8.63. The van der Waals surface area contributed by atoms with Crippen LogP contribution in [0.15, 0.2) is 24.3 Å². The highest BCUT2D eigenvalue weighted by molar-refractivity contribution is 5.45. The monoisotopic (exact) mass is 244 g/mol. The Morgan fingerprint density at radius 2 is 2.11 bits per heavy atom. The van der Waals surface area contributed by atoms with E-state index in [4.69, 9.17) is 10.00 Å². The Labute approximate surface area is 109 Å². The van der Waals surface area contributed by atoms with Gasteiger partial charge in [-0.3, -0.25) is 0 Å². The molecule has 18 heavy (non-hydrogen) atoms. The maximum Gasteiger partial charge on any atom is 0.0669 e. The van der Waals surface area contributed by atoms with E-state index in [-0.39, 0.29) is 0 Å². The van der Waals surface area contributed by atoms with Crippen LogP contribution in [0.25, 0.3) is 0 Å². The number of hydrogen-bond donors (Lipinski definition) is 1. The molecule has 0 amide bonds. The Kier molecular flexibility index (Phi) is 4.60. The van der Waals surface area contributed by atoms with Crippen LogP contribution in [0.1, 0.15) is 31.2 Å². The molecule has 1 aromatic carbocycles. The van der Waals surface area contributed by atoms with Gasteiger partial charge >= 0.3 is 0 Å². The SMILES string of the molecule is COC1CCCC(Nc2ccc(CC#N)cc2)C1. The zero-order valence-electron chi connectivity index (χ0n) is 10.9. The fraction of sp³-hybridized carbons (Fsp3) is 0.533. The van der Waals surface area contributed by atoms with Crippen molar-refractivity contribution in [3.8, 4) is 6.07 Å². The molecule has 2 atom stereocenters. The minimum Gasteiger partial charge on any atom is -0.382 e. The average Bonchev–Trinajstić information content (AvgIpc) is 2.42. The molecule has 2 unspecified atom stereocenters. The van der Waals surface area contributed by atoms with E-state index in [0.717, 1.165) is 17.7 Å². The molecule has 3 heteroatoms. The predicted molar refractivity (Wildman–Crippen MR) is 72.4 cm³/mol. The lowest BCUT2D eigenvalue weighted by Gasteiger charge is -2.29. The molecule has 0 bridgehead atoms. The van der Waals surface area contributed by atoms with E-state index in [1.54, 1.807) is 7.11 Å². The molecule has 0 heterocycles. The minimum absolute atomic E-state index is 0.397. The second kappa shape index (κ2) is 6.42. The molecule has 0 spiro atoms. The second-order valence-corrected chi connectivity index (χ2v) is 4.90. The summed E-state index contributed by atoms with van der Waals surface area (Å²) in [7, 11) is 1.80. The molecule has 1 aliphatic rings. The van der Waals surface area contributed by atoms with Crippen LogP contribution in [0.3, 0.4) is 0 Å². The molecule has 0 aliphatic heterocycles. The number of methoxy groups -OCH3 is 1. The highest BCUT2D eigenvalue weighted by Crippen LogP contribution is 2.24. The molecule has 0 aromatic heterocycles. The quantitative estimate of drug-likeness (QED) is 0.885. The molecular formula is C15H20N2O. The standard InChI is InChI=1S/C15H20N2O/c1-18-15-4-2-3-14(11-15)17-13-7-5-12(6-8-13)9-10-16/h5-8,14-15,17H,2-4,9,11H2,1H3. The molecular weight excluding hydrogens is 224 g/mol. The Morgan fingerprint density at radius 1 is 1.33 bits per heavy atom. The smallest absolute Gasteiger partial charge is 0.0669 e. The summed E-state index contributed by atoms with van der Waals surface area (Å²) < 4.78 is 5.43. The number of rotatable bonds is 4. The van der Waals surface area contributed by atoms with Crippen LogP contribution in [0, 0.1) is 11.3 Å². The first kappa shape index (κ1) is 12.9. The first-order chi connectivity index (χ1) is 8.81. The lowest BCUT2D eigenvalue weighted by molar-refractivity contribution is 0.0669. The zero-order valence-corrected chi connectivity index (χ0v) is 10.9. The van der Waals surface area contributed by atoms with Gasteiger partial charge in [-0.05, 0) is 43.4 Å². The molecule has 3 nitrogen and oxygen atoms in total. The van der Waals surface area contributed by atoms with E-state index in [0.29, 0.717) is 18.6 Å². The first-order valence-corrected chi connectivity index (χ1v) is 6.57.